The molecule has 0 saturated carbocycles. The maximum atomic E-state index is 11.1. The Balaban J connectivity index is 2.85. The number of aliphatic hydroxyl groups excluding tert-OH is 3. The van der Waals surface area contributed by atoms with Crippen LogP contribution in [0.2, 0.25) is 0 Å². The molecule has 1 aliphatic rings. The summed E-state index contributed by atoms with van der Waals surface area (Å²) in [5, 5.41) is 31.9. The van der Waals surface area contributed by atoms with E-state index in [1.807, 2.05) is 0 Å². The zero-order valence-corrected chi connectivity index (χ0v) is 11.0. The molecular weight excluding hydrogens is 254 g/mol. The maximum absolute atomic E-state index is 11.1. The van der Waals surface area contributed by atoms with Gasteiger partial charge in [0.05, 0.1) is 12.7 Å². The standard InChI is InChI=1S/C12H21NO6/c1-4-5-18-12-8(13-7(3)15)9(16)10(17)11(19-12)6(2)14/h4,6,8-12,14,16-17H,1,5H2,2-3H3,(H,13,15)/t6-,8-,9-,10+,11-,12-/m1/s1. The van der Waals surface area contributed by atoms with Gasteiger partial charge in [-0.05, 0) is 6.92 Å². The van der Waals surface area contributed by atoms with E-state index in [1.54, 1.807) is 0 Å². The molecule has 19 heavy (non-hydrogen) atoms. The molecule has 1 aliphatic heterocycles. The lowest BCUT2D eigenvalue weighted by atomic mass is 9.94. The Morgan fingerprint density at radius 2 is 2.16 bits per heavy atom. The van der Waals surface area contributed by atoms with E-state index in [4.69, 9.17) is 9.47 Å². The van der Waals surface area contributed by atoms with E-state index in [-0.39, 0.29) is 12.5 Å². The second-order valence-electron chi connectivity index (χ2n) is 4.54. The molecule has 1 rings (SSSR count). The molecule has 0 radical (unpaired) electrons. The predicted octanol–water partition coefficient (Wildman–Crippen LogP) is -1.48. The first-order chi connectivity index (χ1) is 8.88. The van der Waals surface area contributed by atoms with Crippen molar-refractivity contribution in [3.8, 4) is 0 Å². The predicted molar refractivity (Wildman–Crippen MR) is 66.1 cm³/mol. The molecule has 0 bridgehead atoms. The third-order valence-electron chi connectivity index (χ3n) is 2.86. The van der Waals surface area contributed by atoms with Crippen molar-refractivity contribution in [3.05, 3.63) is 12.7 Å². The molecule has 1 amide bonds. The number of carbonyl (C=O) groups excluding carboxylic acids is 1. The molecule has 0 unspecified atom stereocenters. The van der Waals surface area contributed by atoms with E-state index in [9.17, 15) is 20.1 Å². The van der Waals surface area contributed by atoms with Crippen molar-refractivity contribution < 1.29 is 29.6 Å². The summed E-state index contributed by atoms with van der Waals surface area (Å²) in [6.07, 6.45) is -4.08. The van der Waals surface area contributed by atoms with Gasteiger partial charge in [-0.1, -0.05) is 6.08 Å². The first-order valence-corrected chi connectivity index (χ1v) is 6.07. The molecule has 1 fully saturated rings. The molecule has 4 N–H and O–H groups in total. The van der Waals surface area contributed by atoms with Crippen LogP contribution in [0.15, 0.2) is 12.7 Å². The summed E-state index contributed by atoms with van der Waals surface area (Å²) in [7, 11) is 0. The molecule has 110 valence electrons. The van der Waals surface area contributed by atoms with Crippen LogP contribution >= 0.6 is 0 Å². The minimum Gasteiger partial charge on any atom is -0.391 e. The molecule has 0 aromatic rings. The monoisotopic (exact) mass is 275 g/mol. The molecular formula is C12H21NO6. The van der Waals surface area contributed by atoms with Crippen molar-refractivity contribution in [2.24, 2.45) is 0 Å². The lowest BCUT2D eigenvalue weighted by molar-refractivity contribution is -0.277. The van der Waals surface area contributed by atoms with Gasteiger partial charge in [0.25, 0.3) is 0 Å². The van der Waals surface area contributed by atoms with Gasteiger partial charge in [-0.25, -0.2) is 0 Å². The van der Waals surface area contributed by atoms with Gasteiger partial charge in [-0.2, -0.15) is 0 Å². The van der Waals surface area contributed by atoms with Crippen molar-refractivity contribution in [1.29, 1.82) is 0 Å². The SMILES string of the molecule is C=CCO[C@@H]1O[C@H]([C@@H](C)O)[C@@H](O)[C@H](O)[C@H]1NC(C)=O. The van der Waals surface area contributed by atoms with E-state index in [2.05, 4.69) is 11.9 Å². The zero-order valence-electron chi connectivity index (χ0n) is 11.0. The molecule has 1 heterocycles. The van der Waals surface area contributed by atoms with Crippen molar-refractivity contribution in [1.82, 2.24) is 5.32 Å². The van der Waals surface area contributed by atoms with E-state index >= 15 is 0 Å². The van der Waals surface area contributed by atoms with Gasteiger partial charge in [0.15, 0.2) is 6.29 Å². The van der Waals surface area contributed by atoms with Gasteiger partial charge in [-0.15, -0.1) is 6.58 Å². The molecule has 0 aromatic heterocycles. The second kappa shape index (κ2) is 6.97. The van der Waals surface area contributed by atoms with E-state index in [1.165, 1.54) is 19.9 Å². The first-order valence-electron chi connectivity index (χ1n) is 6.07. The van der Waals surface area contributed by atoms with Gasteiger partial charge < -0.3 is 30.1 Å². The zero-order chi connectivity index (χ0) is 14.6. The topological polar surface area (TPSA) is 108 Å². The van der Waals surface area contributed by atoms with Crippen molar-refractivity contribution >= 4 is 5.91 Å². The van der Waals surface area contributed by atoms with E-state index in [0.29, 0.717) is 0 Å². The summed E-state index contributed by atoms with van der Waals surface area (Å²) in [5.41, 5.74) is 0. The fraction of sp³-hybridized carbons (Fsp3) is 0.750. The minimum atomic E-state index is -1.32. The third-order valence-corrected chi connectivity index (χ3v) is 2.86. The minimum absolute atomic E-state index is 0.149. The van der Waals surface area contributed by atoms with Gasteiger partial charge in [0, 0.05) is 6.92 Å². The summed E-state index contributed by atoms with van der Waals surface area (Å²) >= 11 is 0. The molecule has 6 atom stereocenters. The number of amides is 1. The summed E-state index contributed by atoms with van der Waals surface area (Å²) in [6.45, 7) is 6.36. The molecule has 7 nitrogen and oxygen atoms in total. The lowest BCUT2D eigenvalue weighted by Gasteiger charge is -2.43. The fourth-order valence-electron chi connectivity index (χ4n) is 1.98. The molecule has 1 saturated heterocycles. The Bertz CT molecular complexity index is 321. The van der Waals surface area contributed by atoms with Crippen molar-refractivity contribution in [2.75, 3.05) is 6.61 Å². The average molecular weight is 275 g/mol. The molecule has 0 aromatic carbocycles. The van der Waals surface area contributed by atoms with Crippen LogP contribution in [0.4, 0.5) is 0 Å². The highest BCUT2D eigenvalue weighted by Gasteiger charge is 2.46. The molecule has 7 heteroatoms. The van der Waals surface area contributed by atoms with Crippen LogP contribution in [0.3, 0.4) is 0 Å². The van der Waals surface area contributed by atoms with Crippen LogP contribution in [0.25, 0.3) is 0 Å². The number of nitrogens with one attached hydrogen (secondary N) is 1. The second-order valence-corrected chi connectivity index (χ2v) is 4.54. The highest BCUT2D eigenvalue weighted by Crippen LogP contribution is 2.24. The van der Waals surface area contributed by atoms with Crippen LogP contribution in [0.1, 0.15) is 13.8 Å². The third kappa shape index (κ3) is 3.99. The summed E-state index contributed by atoms with van der Waals surface area (Å²) < 4.78 is 10.7. The average Bonchev–Trinajstić information content (AvgIpc) is 2.33. The normalized spacial score (nSPS) is 36.6. The smallest absolute Gasteiger partial charge is 0.217 e. The summed E-state index contributed by atoms with van der Waals surface area (Å²) in [4.78, 5) is 11.1. The van der Waals surface area contributed by atoms with Crippen molar-refractivity contribution in [3.63, 3.8) is 0 Å². The van der Waals surface area contributed by atoms with Gasteiger partial charge >= 0.3 is 0 Å². The van der Waals surface area contributed by atoms with Crippen molar-refractivity contribution in [2.45, 2.75) is 50.6 Å². The number of aliphatic hydroxyl groups is 3. The van der Waals surface area contributed by atoms with Crippen LogP contribution in [-0.4, -0.2) is 64.6 Å². The molecule has 0 spiro atoms. The van der Waals surface area contributed by atoms with Crippen LogP contribution in [0.5, 0.6) is 0 Å². The number of hydrogen-bond acceptors (Lipinski definition) is 6. The Morgan fingerprint density at radius 3 is 2.63 bits per heavy atom. The largest absolute Gasteiger partial charge is 0.391 e. The Labute approximate surface area is 111 Å². The van der Waals surface area contributed by atoms with Gasteiger partial charge in [0.1, 0.15) is 24.4 Å². The fourth-order valence-corrected chi connectivity index (χ4v) is 1.98. The summed E-state index contributed by atoms with van der Waals surface area (Å²) in [5.74, 6) is -0.387. The summed E-state index contributed by atoms with van der Waals surface area (Å²) in [6, 6.07) is -0.914. The van der Waals surface area contributed by atoms with Gasteiger partial charge in [0.2, 0.25) is 5.91 Å². The number of hydrogen-bond donors (Lipinski definition) is 4. The van der Waals surface area contributed by atoms with E-state index in [0.717, 1.165) is 0 Å². The lowest BCUT2D eigenvalue weighted by Crippen LogP contribution is -2.65. The van der Waals surface area contributed by atoms with Crippen LogP contribution < -0.4 is 5.32 Å². The number of rotatable bonds is 5. The quantitative estimate of drug-likeness (QED) is 0.456. The van der Waals surface area contributed by atoms with Gasteiger partial charge in [-0.3, -0.25) is 4.79 Å². The highest BCUT2D eigenvalue weighted by molar-refractivity contribution is 5.73. The highest BCUT2D eigenvalue weighted by atomic mass is 16.7. The van der Waals surface area contributed by atoms with Crippen LogP contribution in [0, 0.1) is 0 Å². The maximum Gasteiger partial charge on any atom is 0.217 e. The Hall–Kier alpha value is -0.990. The molecule has 0 aliphatic carbocycles. The Morgan fingerprint density at radius 1 is 1.53 bits per heavy atom. The van der Waals surface area contributed by atoms with Crippen LogP contribution in [-0.2, 0) is 14.3 Å². The number of ether oxygens (including phenoxy) is 2. The Kier molecular flexibility index (Phi) is 5.89. The first kappa shape index (κ1) is 16.1. The van der Waals surface area contributed by atoms with E-state index < -0.39 is 36.7 Å². The number of carbonyl (C=O) groups is 1.